The summed E-state index contributed by atoms with van der Waals surface area (Å²) in [5.41, 5.74) is 4.91. The van der Waals surface area contributed by atoms with Crippen LogP contribution in [0.25, 0.3) is 11.5 Å². The predicted octanol–water partition coefficient (Wildman–Crippen LogP) is 5.28. The summed E-state index contributed by atoms with van der Waals surface area (Å²) in [5, 5.41) is 14.3. The van der Waals surface area contributed by atoms with Crippen molar-refractivity contribution in [1.82, 2.24) is 15.2 Å². The van der Waals surface area contributed by atoms with Crippen LogP contribution >= 0.6 is 23.1 Å². The number of thiazole rings is 1. The molecule has 0 saturated heterocycles. The van der Waals surface area contributed by atoms with Crippen LogP contribution < -0.4 is 5.32 Å². The van der Waals surface area contributed by atoms with Gasteiger partial charge in [-0.05, 0) is 38.1 Å². The van der Waals surface area contributed by atoms with Crippen molar-refractivity contribution in [3.05, 3.63) is 75.7 Å². The van der Waals surface area contributed by atoms with Gasteiger partial charge in [0.05, 0.1) is 12.1 Å². The number of nitrogens with one attached hydrogen (secondary N) is 1. The van der Waals surface area contributed by atoms with Gasteiger partial charge in [0.1, 0.15) is 5.01 Å². The quantitative estimate of drug-likeness (QED) is 0.397. The summed E-state index contributed by atoms with van der Waals surface area (Å²) in [7, 11) is 0. The van der Waals surface area contributed by atoms with Crippen LogP contribution in [0.3, 0.4) is 0 Å². The summed E-state index contributed by atoms with van der Waals surface area (Å²) in [6.07, 6.45) is 0.251. The molecule has 0 atom stereocenters. The maximum Gasteiger partial charge on any atom is 0.277 e. The Bertz CT molecular complexity index is 1130. The van der Waals surface area contributed by atoms with Gasteiger partial charge in [-0.15, -0.1) is 21.5 Å². The highest BCUT2D eigenvalue weighted by molar-refractivity contribution is 7.98. The number of anilines is 1. The largest absolute Gasteiger partial charge is 0.411 e. The number of hydrogen-bond acceptors (Lipinski definition) is 7. The summed E-state index contributed by atoms with van der Waals surface area (Å²) < 4.78 is 5.73. The van der Waals surface area contributed by atoms with Crippen molar-refractivity contribution in [2.75, 3.05) is 5.32 Å². The average molecular weight is 437 g/mol. The van der Waals surface area contributed by atoms with E-state index >= 15 is 0 Å². The fourth-order valence-electron chi connectivity index (χ4n) is 2.69. The molecule has 8 heteroatoms. The molecule has 6 nitrogen and oxygen atoms in total. The van der Waals surface area contributed by atoms with Crippen LogP contribution in [0.15, 0.2) is 63.6 Å². The number of aryl methyl sites for hydroxylation is 2. The minimum atomic E-state index is -0.0768. The monoisotopic (exact) mass is 436 g/mol. The van der Waals surface area contributed by atoms with Crippen LogP contribution in [0.4, 0.5) is 5.69 Å². The number of hydrogen-bond donors (Lipinski definition) is 1. The highest BCUT2D eigenvalue weighted by Crippen LogP contribution is 2.26. The number of thioether (sulfide) groups is 1. The van der Waals surface area contributed by atoms with E-state index in [1.54, 1.807) is 0 Å². The van der Waals surface area contributed by atoms with Gasteiger partial charge in [0, 0.05) is 22.4 Å². The number of carbonyl (C=O) groups is 1. The zero-order valence-electron chi connectivity index (χ0n) is 16.6. The van der Waals surface area contributed by atoms with Crippen molar-refractivity contribution in [3.63, 3.8) is 0 Å². The number of rotatable bonds is 7. The van der Waals surface area contributed by atoms with Gasteiger partial charge in [-0.25, -0.2) is 4.98 Å². The lowest BCUT2D eigenvalue weighted by Gasteiger charge is -2.04. The minimum absolute atomic E-state index is 0.0768. The van der Waals surface area contributed by atoms with Gasteiger partial charge < -0.3 is 9.73 Å². The Hall–Kier alpha value is -2.97. The van der Waals surface area contributed by atoms with Crippen molar-refractivity contribution in [1.29, 1.82) is 0 Å². The Labute approximate surface area is 182 Å². The Kier molecular flexibility index (Phi) is 6.25. The van der Waals surface area contributed by atoms with Crippen LogP contribution in [0.2, 0.25) is 0 Å². The van der Waals surface area contributed by atoms with Gasteiger partial charge in [-0.2, -0.15) is 0 Å². The highest BCUT2D eigenvalue weighted by atomic mass is 32.2. The smallest absolute Gasteiger partial charge is 0.277 e. The maximum absolute atomic E-state index is 12.2. The summed E-state index contributed by atoms with van der Waals surface area (Å²) in [6, 6.07) is 15.7. The van der Waals surface area contributed by atoms with E-state index < -0.39 is 0 Å². The Morgan fingerprint density at radius 3 is 2.47 bits per heavy atom. The van der Waals surface area contributed by atoms with Crippen LogP contribution in [0, 0.1) is 13.8 Å². The second-order valence-electron chi connectivity index (χ2n) is 6.85. The molecule has 0 fully saturated rings. The van der Waals surface area contributed by atoms with Gasteiger partial charge in [0.15, 0.2) is 0 Å². The van der Waals surface area contributed by atoms with E-state index in [9.17, 15) is 4.79 Å². The third-order valence-electron chi connectivity index (χ3n) is 4.29. The molecular formula is C22H20N4O2S2. The molecule has 0 bridgehead atoms. The van der Waals surface area contributed by atoms with Crippen molar-refractivity contribution in [2.45, 2.75) is 31.2 Å². The van der Waals surface area contributed by atoms with Gasteiger partial charge >= 0.3 is 0 Å². The van der Waals surface area contributed by atoms with Crippen molar-refractivity contribution in [3.8, 4) is 11.5 Å². The second-order valence-corrected chi connectivity index (χ2v) is 8.72. The Balaban J connectivity index is 1.30. The molecule has 0 spiro atoms. The standard InChI is InChI=1S/C22H20N4O2S2/c1-14-3-7-16(8-4-14)21-25-26-22(28-21)30-13-18-12-29-20(24-18)11-19(27)23-17-9-5-15(2)6-10-17/h3-10,12H,11,13H2,1-2H3,(H,23,27). The molecule has 0 aliphatic carbocycles. The summed E-state index contributed by atoms with van der Waals surface area (Å²) >= 11 is 2.91. The molecule has 2 aromatic heterocycles. The first kappa shape index (κ1) is 20.3. The van der Waals surface area contributed by atoms with E-state index in [1.807, 2.05) is 67.8 Å². The van der Waals surface area contributed by atoms with Crippen LogP contribution in [-0.4, -0.2) is 21.1 Å². The first-order chi connectivity index (χ1) is 14.5. The summed E-state index contributed by atoms with van der Waals surface area (Å²) in [4.78, 5) is 16.8. The van der Waals surface area contributed by atoms with Crippen molar-refractivity contribution >= 4 is 34.7 Å². The molecule has 4 rings (SSSR count). The molecule has 1 amide bonds. The molecule has 2 heterocycles. The zero-order chi connectivity index (χ0) is 20.9. The molecule has 0 aliphatic rings. The maximum atomic E-state index is 12.2. The second kappa shape index (κ2) is 9.23. The molecular weight excluding hydrogens is 416 g/mol. The molecule has 152 valence electrons. The van der Waals surface area contributed by atoms with Crippen molar-refractivity contribution < 1.29 is 9.21 Å². The lowest BCUT2D eigenvalue weighted by Crippen LogP contribution is -2.14. The topological polar surface area (TPSA) is 80.9 Å². The van der Waals surface area contributed by atoms with Crippen LogP contribution in [-0.2, 0) is 17.0 Å². The lowest BCUT2D eigenvalue weighted by atomic mass is 10.1. The number of carbonyl (C=O) groups excluding carboxylic acids is 1. The van der Waals surface area contributed by atoms with E-state index in [-0.39, 0.29) is 12.3 Å². The van der Waals surface area contributed by atoms with E-state index in [0.717, 1.165) is 27.5 Å². The molecule has 0 radical (unpaired) electrons. The van der Waals surface area contributed by atoms with Gasteiger partial charge in [-0.1, -0.05) is 47.2 Å². The molecule has 0 saturated carbocycles. The molecule has 4 aromatic rings. The molecule has 0 unspecified atom stereocenters. The summed E-state index contributed by atoms with van der Waals surface area (Å²) in [6.45, 7) is 4.05. The number of benzene rings is 2. The van der Waals surface area contributed by atoms with Crippen LogP contribution in [0.5, 0.6) is 0 Å². The number of nitrogens with zero attached hydrogens (tertiary/aromatic N) is 3. The van der Waals surface area contributed by atoms with Crippen molar-refractivity contribution in [2.24, 2.45) is 0 Å². The Morgan fingerprint density at radius 1 is 1.03 bits per heavy atom. The molecule has 1 N–H and O–H groups in total. The minimum Gasteiger partial charge on any atom is -0.411 e. The fourth-order valence-corrected chi connectivity index (χ4v) is 4.25. The normalized spacial score (nSPS) is 10.9. The molecule has 30 heavy (non-hydrogen) atoms. The highest BCUT2D eigenvalue weighted by Gasteiger charge is 2.12. The van der Waals surface area contributed by atoms with Gasteiger partial charge in [0.25, 0.3) is 5.22 Å². The summed E-state index contributed by atoms with van der Waals surface area (Å²) in [5.74, 6) is 1.03. The van der Waals surface area contributed by atoms with E-state index in [4.69, 9.17) is 4.42 Å². The van der Waals surface area contributed by atoms with Gasteiger partial charge in [-0.3, -0.25) is 4.79 Å². The zero-order valence-corrected chi connectivity index (χ0v) is 18.2. The first-order valence-electron chi connectivity index (χ1n) is 9.38. The van der Waals surface area contributed by atoms with Crippen LogP contribution in [0.1, 0.15) is 21.8 Å². The van der Waals surface area contributed by atoms with E-state index in [0.29, 0.717) is 16.9 Å². The van der Waals surface area contributed by atoms with Gasteiger partial charge in [0.2, 0.25) is 11.8 Å². The lowest BCUT2D eigenvalue weighted by molar-refractivity contribution is -0.115. The number of amides is 1. The Morgan fingerprint density at radius 2 is 1.73 bits per heavy atom. The molecule has 0 aliphatic heterocycles. The predicted molar refractivity (Wildman–Crippen MR) is 120 cm³/mol. The SMILES string of the molecule is Cc1ccc(NC(=O)Cc2nc(CSc3nnc(-c4ccc(C)cc4)o3)cs2)cc1. The fraction of sp³-hybridized carbons (Fsp3) is 0.182. The average Bonchev–Trinajstić information content (AvgIpc) is 3.38. The third-order valence-corrected chi connectivity index (χ3v) is 6.04. The third kappa shape index (κ3) is 5.34. The van der Waals surface area contributed by atoms with E-state index in [2.05, 4.69) is 20.5 Å². The number of aromatic nitrogens is 3. The van der Waals surface area contributed by atoms with E-state index in [1.165, 1.54) is 28.7 Å². The first-order valence-corrected chi connectivity index (χ1v) is 11.2. The molecule has 2 aromatic carbocycles.